The Morgan fingerprint density at radius 1 is 0.917 bits per heavy atom. The van der Waals surface area contributed by atoms with Crippen LogP contribution < -0.4 is 21.3 Å². The minimum atomic E-state index is -0.673. The van der Waals surface area contributed by atoms with Gasteiger partial charge in [-0.05, 0) is 57.4 Å². The van der Waals surface area contributed by atoms with Crippen LogP contribution in [0.5, 0.6) is 0 Å². The third kappa shape index (κ3) is 5.09. The number of halogens is 1. The van der Waals surface area contributed by atoms with E-state index in [4.69, 9.17) is 0 Å². The molecule has 0 aromatic carbocycles. The second kappa shape index (κ2) is 9.36. The van der Waals surface area contributed by atoms with Crippen LogP contribution in [0.4, 0.5) is 21.6 Å². The van der Waals surface area contributed by atoms with Gasteiger partial charge in [0.05, 0.1) is 11.9 Å². The topological polar surface area (TPSA) is 125 Å². The van der Waals surface area contributed by atoms with Gasteiger partial charge >= 0.3 is 0 Å². The molecule has 3 aromatic heterocycles. The fourth-order valence-electron chi connectivity index (χ4n) is 4.68. The van der Waals surface area contributed by atoms with Crippen molar-refractivity contribution < 1.29 is 14.0 Å². The third-order valence-corrected chi connectivity index (χ3v) is 7.00. The minimum absolute atomic E-state index is 0.203. The number of imidazole rings is 1. The van der Waals surface area contributed by atoms with Gasteiger partial charge in [0, 0.05) is 48.1 Å². The molecular weight excluding hydrogens is 463 g/mol. The molecular formula is C25H29FN8O2. The van der Waals surface area contributed by atoms with Gasteiger partial charge in [0.15, 0.2) is 11.3 Å². The molecule has 11 heteroatoms. The van der Waals surface area contributed by atoms with Crippen molar-refractivity contribution in [1.29, 1.82) is 0 Å². The molecule has 10 nitrogen and oxygen atoms in total. The standard InChI is InChI=1S/C25H29FN8O2/c26-21-11-18(9-10-27-21)32-25(36)20-13-28-23-19(29-15-3-4-15)12-22(33-34(20)23)30-16-5-7-17(8-6-16)31-24(35)14-1-2-14/h9-17,29H,1-8H2,(H,30,33)(H,31,35)(H,27,32,36)/t16-,17-. The molecule has 0 bridgehead atoms. The smallest absolute Gasteiger partial charge is 0.276 e. The molecule has 3 saturated carbocycles. The summed E-state index contributed by atoms with van der Waals surface area (Å²) in [4.78, 5) is 33.0. The van der Waals surface area contributed by atoms with Crippen molar-refractivity contribution in [3.63, 3.8) is 0 Å². The van der Waals surface area contributed by atoms with E-state index in [0.29, 0.717) is 23.2 Å². The zero-order chi connectivity index (χ0) is 24.6. The summed E-state index contributed by atoms with van der Waals surface area (Å²) in [6, 6.07) is 5.48. The second-order valence-corrected chi connectivity index (χ2v) is 10.0. The van der Waals surface area contributed by atoms with E-state index in [9.17, 15) is 14.0 Å². The van der Waals surface area contributed by atoms with Gasteiger partial charge < -0.3 is 21.3 Å². The molecule has 2 amide bonds. The van der Waals surface area contributed by atoms with E-state index in [0.717, 1.165) is 63.1 Å². The summed E-state index contributed by atoms with van der Waals surface area (Å²) in [6.45, 7) is 0. The highest BCUT2D eigenvalue weighted by atomic mass is 19.1. The first-order valence-corrected chi connectivity index (χ1v) is 12.7. The molecule has 188 valence electrons. The molecule has 3 aromatic rings. The number of pyridine rings is 1. The normalized spacial score (nSPS) is 21.7. The third-order valence-electron chi connectivity index (χ3n) is 7.00. The summed E-state index contributed by atoms with van der Waals surface area (Å²) in [5, 5.41) is 17.6. The lowest BCUT2D eigenvalue weighted by atomic mass is 9.91. The molecule has 0 aliphatic heterocycles. The Balaban J connectivity index is 1.19. The molecule has 3 aliphatic carbocycles. The fraction of sp³-hybridized carbons (Fsp3) is 0.480. The van der Waals surface area contributed by atoms with Gasteiger partial charge in [-0.2, -0.15) is 4.39 Å². The van der Waals surface area contributed by atoms with Crippen LogP contribution in [-0.2, 0) is 4.79 Å². The van der Waals surface area contributed by atoms with Gasteiger partial charge in [-0.25, -0.2) is 14.5 Å². The number of hydrogen-bond donors (Lipinski definition) is 4. The second-order valence-electron chi connectivity index (χ2n) is 10.0. The summed E-state index contributed by atoms with van der Waals surface area (Å²) < 4.78 is 15.0. The summed E-state index contributed by atoms with van der Waals surface area (Å²) in [5.41, 5.74) is 1.93. The number of rotatable bonds is 8. The number of carbonyl (C=O) groups excluding carboxylic acids is 2. The van der Waals surface area contributed by atoms with E-state index in [2.05, 4.69) is 36.3 Å². The highest BCUT2D eigenvalue weighted by Crippen LogP contribution is 2.31. The van der Waals surface area contributed by atoms with Crippen molar-refractivity contribution in [2.24, 2.45) is 5.92 Å². The Morgan fingerprint density at radius 3 is 2.36 bits per heavy atom. The van der Waals surface area contributed by atoms with Crippen molar-refractivity contribution in [3.05, 3.63) is 42.2 Å². The molecule has 0 atom stereocenters. The SMILES string of the molecule is O=C(Nc1ccnc(F)c1)c1cnc2c(NC3CC3)cc(N[C@H]3CC[C@H](NC(=O)C4CC4)CC3)nn12. The maximum atomic E-state index is 13.5. The van der Waals surface area contributed by atoms with Crippen LogP contribution >= 0.6 is 0 Å². The molecule has 3 heterocycles. The monoisotopic (exact) mass is 492 g/mol. The van der Waals surface area contributed by atoms with E-state index < -0.39 is 11.9 Å². The predicted octanol–water partition coefficient (Wildman–Crippen LogP) is 3.34. The predicted molar refractivity (Wildman–Crippen MR) is 132 cm³/mol. The number of nitrogens with one attached hydrogen (secondary N) is 4. The van der Waals surface area contributed by atoms with Crippen molar-refractivity contribution in [1.82, 2.24) is 24.9 Å². The molecule has 6 rings (SSSR count). The Bertz CT molecular complexity index is 1290. The number of nitrogens with zero attached hydrogens (tertiary/aromatic N) is 4. The van der Waals surface area contributed by atoms with E-state index in [1.807, 2.05) is 6.07 Å². The van der Waals surface area contributed by atoms with Crippen LogP contribution in [0.3, 0.4) is 0 Å². The maximum Gasteiger partial charge on any atom is 0.276 e. The molecule has 0 spiro atoms. The average molecular weight is 493 g/mol. The molecule has 4 N–H and O–H groups in total. The average Bonchev–Trinajstić information content (AvgIpc) is 3.79. The van der Waals surface area contributed by atoms with E-state index >= 15 is 0 Å². The van der Waals surface area contributed by atoms with E-state index in [1.54, 1.807) is 0 Å². The summed E-state index contributed by atoms with van der Waals surface area (Å²) in [6.07, 6.45) is 10.7. The van der Waals surface area contributed by atoms with Crippen LogP contribution in [0.1, 0.15) is 61.9 Å². The maximum absolute atomic E-state index is 13.5. The number of fused-ring (bicyclic) bond motifs is 1. The quantitative estimate of drug-likeness (QED) is 0.356. The van der Waals surface area contributed by atoms with Gasteiger partial charge in [0.2, 0.25) is 11.9 Å². The van der Waals surface area contributed by atoms with Crippen LogP contribution in [-0.4, -0.2) is 49.5 Å². The minimum Gasteiger partial charge on any atom is -0.379 e. The largest absolute Gasteiger partial charge is 0.379 e. The van der Waals surface area contributed by atoms with Crippen LogP contribution in [0, 0.1) is 11.9 Å². The molecule has 36 heavy (non-hydrogen) atoms. The number of aromatic nitrogens is 4. The molecule has 3 fully saturated rings. The van der Waals surface area contributed by atoms with Gasteiger partial charge in [-0.1, -0.05) is 0 Å². The molecule has 3 aliphatic rings. The van der Waals surface area contributed by atoms with Crippen molar-refractivity contribution in [2.45, 2.75) is 69.5 Å². The van der Waals surface area contributed by atoms with Crippen molar-refractivity contribution in [3.8, 4) is 0 Å². The van der Waals surface area contributed by atoms with Crippen LogP contribution in [0.15, 0.2) is 30.6 Å². The Kier molecular flexibility index (Phi) is 5.90. The number of anilines is 3. The lowest BCUT2D eigenvalue weighted by molar-refractivity contribution is -0.123. The van der Waals surface area contributed by atoms with Gasteiger partial charge in [-0.3, -0.25) is 9.59 Å². The van der Waals surface area contributed by atoms with Crippen LogP contribution in [0.2, 0.25) is 0 Å². The fourth-order valence-corrected chi connectivity index (χ4v) is 4.68. The Hall–Kier alpha value is -3.76. The van der Waals surface area contributed by atoms with Crippen molar-refractivity contribution >= 4 is 34.7 Å². The summed E-state index contributed by atoms with van der Waals surface area (Å²) in [5.74, 6) is -0.0310. The first-order valence-electron chi connectivity index (χ1n) is 12.7. The first-order chi connectivity index (χ1) is 17.5. The number of carbonyl (C=O) groups is 2. The lowest BCUT2D eigenvalue weighted by Gasteiger charge is -2.30. The molecule has 0 radical (unpaired) electrons. The van der Waals surface area contributed by atoms with Gasteiger partial charge in [-0.15, -0.1) is 5.10 Å². The van der Waals surface area contributed by atoms with Gasteiger partial charge in [0.25, 0.3) is 5.91 Å². The first kappa shape index (κ1) is 22.7. The number of hydrogen-bond acceptors (Lipinski definition) is 7. The highest BCUT2D eigenvalue weighted by Gasteiger charge is 2.32. The summed E-state index contributed by atoms with van der Waals surface area (Å²) in [7, 11) is 0. The van der Waals surface area contributed by atoms with E-state index in [1.165, 1.54) is 23.0 Å². The zero-order valence-electron chi connectivity index (χ0n) is 19.8. The van der Waals surface area contributed by atoms with Crippen LogP contribution in [0.25, 0.3) is 5.65 Å². The zero-order valence-corrected chi connectivity index (χ0v) is 19.8. The summed E-state index contributed by atoms with van der Waals surface area (Å²) >= 11 is 0. The Labute approximate surface area is 207 Å². The van der Waals surface area contributed by atoms with Crippen molar-refractivity contribution in [2.75, 3.05) is 16.0 Å². The molecule has 0 saturated heterocycles. The molecule has 0 unspecified atom stereocenters. The lowest BCUT2D eigenvalue weighted by Crippen LogP contribution is -2.40. The van der Waals surface area contributed by atoms with E-state index in [-0.39, 0.29) is 29.6 Å². The Morgan fingerprint density at radius 2 is 1.64 bits per heavy atom. The number of amides is 2. The van der Waals surface area contributed by atoms with Gasteiger partial charge in [0.1, 0.15) is 5.82 Å². The highest BCUT2D eigenvalue weighted by molar-refractivity contribution is 6.03.